The molecule has 3 saturated heterocycles. The molecule has 7 fully saturated rings. The van der Waals surface area contributed by atoms with Gasteiger partial charge >= 0.3 is 0 Å². The van der Waals surface area contributed by atoms with Gasteiger partial charge in [-0.25, -0.2) is 0 Å². The van der Waals surface area contributed by atoms with Crippen LogP contribution in [0.2, 0.25) is 0 Å². The topological polar surface area (TPSA) is 154 Å². The molecule has 3 aliphatic heterocycles. The third-order valence-electron chi connectivity index (χ3n) is 13.1. The molecule has 0 radical (unpaired) electrons. The molecule has 7 rings (SSSR count). The predicted molar refractivity (Wildman–Crippen MR) is 126 cm³/mol. The molecule has 4 aliphatic carbocycles. The van der Waals surface area contributed by atoms with Gasteiger partial charge in [0, 0.05) is 55.1 Å². The molecule has 0 aromatic carbocycles. The van der Waals surface area contributed by atoms with Crippen molar-refractivity contribution in [2.75, 3.05) is 13.1 Å². The van der Waals surface area contributed by atoms with Gasteiger partial charge in [0.1, 0.15) is 28.5 Å². The summed E-state index contributed by atoms with van der Waals surface area (Å²) in [6.07, 6.45) is 0.752. The summed E-state index contributed by atoms with van der Waals surface area (Å²) in [5, 5.41) is 83.2. The number of piperidine rings is 2. The first-order chi connectivity index (χ1) is 16.6. The van der Waals surface area contributed by atoms with E-state index in [4.69, 9.17) is 4.74 Å². The molecule has 9 nitrogen and oxygen atoms in total. The van der Waals surface area contributed by atoms with Crippen LogP contribution in [0.3, 0.4) is 0 Å². The number of aliphatic hydroxyl groups is 7. The summed E-state index contributed by atoms with van der Waals surface area (Å²) < 4.78 is 6.52. The van der Waals surface area contributed by atoms with Crippen molar-refractivity contribution in [2.45, 2.75) is 124 Å². The molecule has 0 unspecified atom stereocenters. The predicted octanol–water partition coefficient (Wildman–Crippen LogP) is -0.526. The van der Waals surface area contributed by atoms with Crippen molar-refractivity contribution in [1.82, 2.24) is 4.90 Å². The van der Waals surface area contributed by atoms with Crippen LogP contribution in [0.1, 0.15) is 72.1 Å². The molecule has 0 aromatic heterocycles. The molecular weight excluding hydrogens is 466 g/mol. The Hall–Kier alpha value is -0.360. The Balaban J connectivity index is 1.39. The molecule has 36 heavy (non-hydrogen) atoms. The van der Waals surface area contributed by atoms with Gasteiger partial charge in [-0.15, -0.1) is 0 Å². The van der Waals surface area contributed by atoms with E-state index >= 15 is 0 Å². The average molecular weight is 510 g/mol. The van der Waals surface area contributed by atoms with Crippen LogP contribution in [-0.4, -0.2) is 106 Å². The molecule has 3 heterocycles. The van der Waals surface area contributed by atoms with Gasteiger partial charge in [0.2, 0.25) is 0 Å². The minimum absolute atomic E-state index is 0.0208. The Morgan fingerprint density at radius 3 is 2.19 bits per heavy atom. The second kappa shape index (κ2) is 6.67. The molecule has 4 saturated carbocycles. The SMILES string of the molecule is C[C@@H]1CC[C@@H]2N(C1)C[C@H]1[C@@](O)([C@@H](O)C[C@@]3(O)[C@H]4CC[C@H]5[C@@]6(O)O[C@]4(C[C@@]13O)[C@@]5(C)CC[C@H]6O)[C@]2(C)O. The first-order valence-electron chi connectivity index (χ1n) is 14.0. The smallest absolute Gasteiger partial charge is 0.196 e. The van der Waals surface area contributed by atoms with E-state index in [9.17, 15) is 35.7 Å². The fourth-order valence-electron chi connectivity index (χ4n) is 11.3. The van der Waals surface area contributed by atoms with Crippen LogP contribution in [0.25, 0.3) is 0 Å². The highest BCUT2D eigenvalue weighted by Gasteiger charge is 2.88. The zero-order chi connectivity index (χ0) is 25.9. The molecule has 14 atom stereocenters. The van der Waals surface area contributed by atoms with E-state index in [1.807, 2.05) is 6.92 Å². The van der Waals surface area contributed by atoms with Crippen molar-refractivity contribution >= 4 is 0 Å². The van der Waals surface area contributed by atoms with Crippen LogP contribution in [0.5, 0.6) is 0 Å². The summed E-state index contributed by atoms with van der Waals surface area (Å²) in [5.41, 5.74) is -9.07. The fraction of sp³-hybridized carbons (Fsp3) is 1.00. The van der Waals surface area contributed by atoms with Gasteiger partial charge in [-0.2, -0.15) is 0 Å². The van der Waals surface area contributed by atoms with E-state index in [0.29, 0.717) is 44.6 Å². The Morgan fingerprint density at radius 2 is 1.47 bits per heavy atom. The van der Waals surface area contributed by atoms with Crippen molar-refractivity contribution in [2.24, 2.45) is 29.1 Å². The monoisotopic (exact) mass is 509 g/mol. The number of ether oxygens (including phenoxy) is 1. The summed E-state index contributed by atoms with van der Waals surface area (Å²) >= 11 is 0. The quantitative estimate of drug-likeness (QED) is 0.228. The van der Waals surface area contributed by atoms with E-state index < -0.39 is 63.3 Å². The van der Waals surface area contributed by atoms with Crippen molar-refractivity contribution in [3.63, 3.8) is 0 Å². The third-order valence-corrected chi connectivity index (χ3v) is 13.1. The molecule has 7 N–H and O–H groups in total. The molecule has 204 valence electrons. The van der Waals surface area contributed by atoms with E-state index in [2.05, 4.69) is 11.8 Å². The second-order valence-electron chi connectivity index (χ2n) is 14.3. The second-order valence-corrected chi connectivity index (χ2v) is 14.3. The number of hydrogen-bond acceptors (Lipinski definition) is 9. The lowest BCUT2D eigenvalue weighted by Gasteiger charge is -2.68. The standard InChI is InChI=1S/C27H43NO8/c1-14-4-7-18-22(3,31)26(34)17(12-28(18)11-14)24(33)13-25-16(23(24,32)10-20(26)30)6-5-15-21(25,2)9-8-19(29)27(15,35)36-25/h14-20,29-35H,4-13H2,1-3H3/t14-,15-,16-,17-,18+,19-,20+,21+,22-,23-,24-,25+,26-,27-/m1/s1. The lowest BCUT2D eigenvalue weighted by Crippen LogP contribution is -2.85. The molecule has 0 amide bonds. The number of nitrogens with zero attached hydrogens (tertiary/aromatic N) is 1. The summed E-state index contributed by atoms with van der Waals surface area (Å²) in [6.45, 7) is 6.70. The molecule has 4 bridgehead atoms. The van der Waals surface area contributed by atoms with Gasteiger partial charge in [-0.3, -0.25) is 4.90 Å². The normalized spacial score (nSPS) is 68.0. The molecule has 0 aromatic rings. The molecular formula is C27H43NO8. The van der Waals surface area contributed by atoms with E-state index in [1.165, 1.54) is 0 Å². The van der Waals surface area contributed by atoms with Crippen LogP contribution in [-0.2, 0) is 4.74 Å². The minimum atomic E-state index is -2.02. The van der Waals surface area contributed by atoms with Gasteiger partial charge in [0.15, 0.2) is 5.79 Å². The van der Waals surface area contributed by atoms with Gasteiger partial charge < -0.3 is 40.5 Å². The van der Waals surface area contributed by atoms with Crippen LogP contribution < -0.4 is 0 Å². The Kier molecular flexibility index (Phi) is 4.57. The van der Waals surface area contributed by atoms with Crippen LogP contribution in [0.15, 0.2) is 0 Å². The number of fused-ring (bicyclic) bond motifs is 5. The summed E-state index contributed by atoms with van der Waals surface area (Å²) in [7, 11) is 0. The van der Waals surface area contributed by atoms with Crippen LogP contribution >= 0.6 is 0 Å². The average Bonchev–Trinajstić information content (AvgIpc) is 2.97. The van der Waals surface area contributed by atoms with Crippen molar-refractivity contribution in [3.8, 4) is 0 Å². The van der Waals surface area contributed by atoms with E-state index in [1.54, 1.807) is 6.92 Å². The maximum Gasteiger partial charge on any atom is 0.196 e. The Morgan fingerprint density at radius 1 is 0.778 bits per heavy atom. The van der Waals surface area contributed by atoms with E-state index in [0.717, 1.165) is 6.42 Å². The largest absolute Gasteiger partial charge is 0.390 e. The Bertz CT molecular complexity index is 995. The minimum Gasteiger partial charge on any atom is -0.390 e. The van der Waals surface area contributed by atoms with E-state index in [-0.39, 0.29) is 31.3 Å². The van der Waals surface area contributed by atoms with Gasteiger partial charge in [-0.1, -0.05) is 13.8 Å². The lowest BCUT2D eigenvalue weighted by atomic mass is 9.49. The first kappa shape index (κ1) is 24.7. The molecule has 7 aliphatic rings. The van der Waals surface area contributed by atoms with Crippen LogP contribution in [0.4, 0.5) is 0 Å². The molecule has 1 spiro atoms. The highest BCUT2D eigenvalue weighted by molar-refractivity contribution is 5.37. The number of aliphatic hydroxyl groups excluding tert-OH is 2. The number of rotatable bonds is 0. The summed E-state index contributed by atoms with van der Waals surface area (Å²) in [4.78, 5) is 2.12. The maximum atomic E-state index is 12.7. The van der Waals surface area contributed by atoms with Crippen LogP contribution in [0, 0.1) is 29.1 Å². The van der Waals surface area contributed by atoms with Gasteiger partial charge in [-0.05, 0) is 51.4 Å². The third kappa shape index (κ3) is 2.27. The summed E-state index contributed by atoms with van der Waals surface area (Å²) in [5.74, 6) is -3.30. The van der Waals surface area contributed by atoms with Gasteiger partial charge in [0.05, 0.1) is 11.7 Å². The van der Waals surface area contributed by atoms with Crippen molar-refractivity contribution in [3.05, 3.63) is 0 Å². The maximum absolute atomic E-state index is 12.7. The lowest BCUT2D eigenvalue weighted by molar-refractivity contribution is -0.354. The number of hydrogen-bond donors (Lipinski definition) is 7. The fourth-order valence-corrected chi connectivity index (χ4v) is 11.3. The zero-order valence-corrected chi connectivity index (χ0v) is 21.6. The highest BCUT2D eigenvalue weighted by atomic mass is 16.7. The zero-order valence-electron chi connectivity index (χ0n) is 21.6. The Labute approximate surface area is 212 Å². The van der Waals surface area contributed by atoms with Crippen molar-refractivity contribution < 1.29 is 40.5 Å². The van der Waals surface area contributed by atoms with Crippen molar-refractivity contribution in [1.29, 1.82) is 0 Å². The van der Waals surface area contributed by atoms with Gasteiger partial charge in [0.25, 0.3) is 0 Å². The molecule has 9 heteroatoms. The summed E-state index contributed by atoms with van der Waals surface area (Å²) in [6, 6.07) is -0.360. The first-order valence-corrected chi connectivity index (χ1v) is 14.0. The highest BCUT2D eigenvalue weighted by Crippen LogP contribution is 2.78.